The molecule has 0 saturated heterocycles. The van der Waals surface area contributed by atoms with E-state index in [1.807, 2.05) is 13.0 Å². The van der Waals surface area contributed by atoms with E-state index < -0.39 is 27.1 Å². The van der Waals surface area contributed by atoms with Crippen molar-refractivity contribution in [2.24, 2.45) is 0 Å². The summed E-state index contributed by atoms with van der Waals surface area (Å²) in [6.45, 7) is 2.19. The number of nitro benzene ring substituents is 1. The third-order valence-electron chi connectivity index (χ3n) is 4.27. The third kappa shape index (κ3) is 4.53. The molecule has 1 amide bonds. The van der Waals surface area contributed by atoms with Crippen molar-refractivity contribution in [3.05, 3.63) is 86.7 Å². The summed E-state index contributed by atoms with van der Waals surface area (Å²) >= 11 is 0. The molecule has 0 saturated carbocycles. The first kappa shape index (κ1) is 21.1. The van der Waals surface area contributed by atoms with Crippen molar-refractivity contribution in [1.29, 1.82) is 0 Å². The number of carbonyl (C=O) groups excluding carboxylic acids is 1. The summed E-state index contributed by atoms with van der Waals surface area (Å²) in [4.78, 5) is 43.5. The molecule has 2 aromatic carbocycles. The van der Waals surface area contributed by atoms with Crippen LogP contribution in [-0.4, -0.2) is 32.3 Å². The molecule has 0 fully saturated rings. The molecule has 0 spiro atoms. The Balaban J connectivity index is 1.93. The second kappa shape index (κ2) is 9.26. The number of hydrazine groups is 1. The van der Waals surface area contributed by atoms with Crippen molar-refractivity contribution in [2.75, 3.05) is 16.9 Å². The van der Waals surface area contributed by atoms with Crippen molar-refractivity contribution in [1.82, 2.24) is 15.4 Å². The van der Waals surface area contributed by atoms with E-state index in [2.05, 4.69) is 20.8 Å². The molecule has 158 valence electrons. The highest BCUT2D eigenvalue weighted by atomic mass is 16.6. The van der Waals surface area contributed by atoms with Crippen LogP contribution in [0.25, 0.3) is 0 Å². The summed E-state index contributed by atoms with van der Waals surface area (Å²) in [7, 11) is 0. The van der Waals surface area contributed by atoms with E-state index in [0.29, 0.717) is 12.2 Å². The number of carbonyl (C=O) groups is 1. The van der Waals surface area contributed by atoms with Gasteiger partial charge in [-0.05, 0) is 25.1 Å². The predicted molar refractivity (Wildman–Crippen MR) is 112 cm³/mol. The lowest BCUT2D eigenvalue weighted by atomic mass is 10.2. The van der Waals surface area contributed by atoms with Gasteiger partial charge in [-0.3, -0.25) is 35.9 Å². The van der Waals surface area contributed by atoms with Crippen molar-refractivity contribution in [3.63, 3.8) is 0 Å². The molecule has 12 heteroatoms. The van der Waals surface area contributed by atoms with Gasteiger partial charge in [-0.25, -0.2) is 9.97 Å². The second-order valence-corrected chi connectivity index (χ2v) is 6.08. The van der Waals surface area contributed by atoms with Gasteiger partial charge in [0.1, 0.15) is 11.9 Å². The average Bonchev–Trinajstić information content (AvgIpc) is 2.78. The molecular weight excluding hydrogens is 406 g/mol. The van der Waals surface area contributed by atoms with Gasteiger partial charge in [0.2, 0.25) is 11.6 Å². The molecule has 3 rings (SSSR count). The average molecular weight is 423 g/mol. The van der Waals surface area contributed by atoms with Crippen LogP contribution in [0.15, 0.2) is 60.9 Å². The number of hydrogen-bond acceptors (Lipinski definition) is 9. The number of hydrogen-bond donors (Lipinski definition) is 2. The highest BCUT2D eigenvalue weighted by molar-refractivity contribution is 5.98. The standard InChI is InChI=1S/C19H17N7O5/c1-2-24(13-8-4-3-5-9-13)18-16(26(30)31)17(20-12-21-18)22-23-19(27)14-10-6-7-11-15(14)25(28)29/h3-12H,2H2,1H3,(H,23,27)(H,20,21,22). The number of amides is 1. The van der Waals surface area contributed by atoms with Crippen LogP contribution in [0.4, 0.5) is 28.7 Å². The van der Waals surface area contributed by atoms with Crippen molar-refractivity contribution in [3.8, 4) is 0 Å². The zero-order valence-corrected chi connectivity index (χ0v) is 16.3. The molecule has 0 unspecified atom stereocenters. The minimum atomic E-state index is -0.850. The number of nitrogens with zero attached hydrogens (tertiary/aromatic N) is 5. The van der Waals surface area contributed by atoms with Crippen LogP contribution < -0.4 is 15.8 Å². The van der Waals surface area contributed by atoms with Crippen molar-refractivity contribution < 1.29 is 14.6 Å². The summed E-state index contributed by atoms with van der Waals surface area (Å²) in [6.07, 6.45) is 1.12. The number of anilines is 3. The number of para-hydroxylation sites is 2. The van der Waals surface area contributed by atoms with Crippen LogP contribution in [0.3, 0.4) is 0 Å². The molecule has 1 aromatic heterocycles. The van der Waals surface area contributed by atoms with E-state index in [-0.39, 0.29) is 17.2 Å². The quantitative estimate of drug-likeness (QED) is 0.410. The van der Waals surface area contributed by atoms with Crippen molar-refractivity contribution >= 4 is 34.6 Å². The molecule has 31 heavy (non-hydrogen) atoms. The van der Waals surface area contributed by atoms with Crippen LogP contribution in [-0.2, 0) is 0 Å². The first-order chi connectivity index (χ1) is 14.9. The molecule has 2 N–H and O–H groups in total. The van der Waals surface area contributed by atoms with E-state index in [9.17, 15) is 25.0 Å². The third-order valence-corrected chi connectivity index (χ3v) is 4.27. The van der Waals surface area contributed by atoms with E-state index in [4.69, 9.17) is 0 Å². The van der Waals surface area contributed by atoms with Gasteiger partial charge in [-0.1, -0.05) is 30.3 Å². The Morgan fingerprint density at radius 3 is 2.32 bits per heavy atom. The normalized spacial score (nSPS) is 10.2. The number of rotatable bonds is 8. The first-order valence-corrected chi connectivity index (χ1v) is 9.05. The van der Waals surface area contributed by atoms with Crippen LogP contribution in [0.2, 0.25) is 0 Å². The smallest absolute Gasteiger partial charge is 0.321 e. The molecular formula is C19H17N7O5. The minimum Gasteiger partial charge on any atom is -0.321 e. The van der Waals surface area contributed by atoms with Crippen LogP contribution in [0.5, 0.6) is 0 Å². The van der Waals surface area contributed by atoms with Gasteiger partial charge >= 0.3 is 5.69 Å². The molecule has 1 heterocycles. The Hall–Kier alpha value is -4.61. The molecule has 0 aliphatic rings. The van der Waals surface area contributed by atoms with Crippen molar-refractivity contribution in [2.45, 2.75) is 6.92 Å². The maximum atomic E-state index is 12.4. The Morgan fingerprint density at radius 2 is 1.68 bits per heavy atom. The lowest BCUT2D eigenvalue weighted by Crippen LogP contribution is -2.31. The highest BCUT2D eigenvalue weighted by Gasteiger charge is 2.28. The van der Waals surface area contributed by atoms with Gasteiger partial charge in [0, 0.05) is 18.3 Å². The summed E-state index contributed by atoms with van der Waals surface area (Å²) in [5, 5.41) is 22.9. The van der Waals surface area contributed by atoms with Gasteiger partial charge in [0.15, 0.2) is 0 Å². The SMILES string of the molecule is CCN(c1ccccc1)c1ncnc(NNC(=O)c2ccccc2[N+](=O)[O-])c1[N+](=O)[O-]. The molecule has 3 aromatic rings. The summed E-state index contributed by atoms with van der Waals surface area (Å²) in [6, 6.07) is 14.3. The molecule has 0 bridgehead atoms. The summed E-state index contributed by atoms with van der Waals surface area (Å²) in [5.41, 5.74) is 4.22. The van der Waals surface area contributed by atoms with E-state index in [0.717, 1.165) is 6.33 Å². The molecule has 0 radical (unpaired) electrons. The Bertz CT molecular complexity index is 1120. The largest absolute Gasteiger partial charge is 0.355 e. The fourth-order valence-electron chi connectivity index (χ4n) is 2.90. The van der Waals surface area contributed by atoms with Crippen LogP contribution >= 0.6 is 0 Å². The number of benzene rings is 2. The van der Waals surface area contributed by atoms with Gasteiger partial charge in [-0.2, -0.15) is 0 Å². The fourth-order valence-corrected chi connectivity index (χ4v) is 2.90. The predicted octanol–water partition coefficient (Wildman–Crippen LogP) is 3.21. The second-order valence-electron chi connectivity index (χ2n) is 6.08. The molecule has 0 aliphatic carbocycles. The Kier molecular flexibility index (Phi) is 6.30. The maximum absolute atomic E-state index is 12.4. The zero-order chi connectivity index (χ0) is 22.4. The van der Waals surface area contributed by atoms with Crippen LogP contribution in [0, 0.1) is 20.2 Å². The van der Waals surface area contributed by atoms with E-state index in [1.165, 1.54) is 24.3 Å². The lowest BCUT2D eigenvalue weighted by molar-refractivity contribution is -0.385. The van der Waals surface area contributed by atoms with Gasteiger partial charge in [0.25, 0.3) is 11.6 Å². The molecule has 12 nitrogen and oxygen atoms in total. The highest BCUT2D eigenvalue weighted by Crippen LogP contribution is 2.35. The summed E-state index contributed by atoms with van der Waals surface area (Å²) in [5.74, 6) is -1.09. The zero-order valence-electron chi connectivity index (χ0n) is 16.3. The van der Waals surface area contributed by atoms with Gasteiger partial charge in [0.05, 0.1) is 9.85 Å². The van der Waals surface area contributed by atoms with Crippen LogP contribution in [0.1, 0.15) is 17.3 Å². The fraction of sp³-hybridized carbons (Fsp3) is 0.105. The number of nitrogens with one attached hydrogen (secondary N) is 2. The number of nitro groups is 2. The number of aromatic nitrogens is 2. The van der Waals surface area contributed by atoms with E-state index >= 15 is 0 Å². The topological polar surface area (TPSA) is 156 Å². The molecule has 0 aliphatic heterocycles. The van der Waals surface area contributed by atoms with Gasteiger partial charge < -0.3 is 4.90 Å². The first-order valence-electron chi connectivity index (χ1n) is 9.05. The monoisotopic (exact) mass is 423 g/mol. The molecule has 0 atom stereocenters. The van der Waals surface area contributed by atoms with E-state index in [1.54, 1.807) is 29.2 Å². The minimum absolute atomic E-state index is 0.0242. The summed E-state index contributed by atoms with van der Waals surface area (Å²) < 4.78 is 0. The maximum Gasteiger partial charge on any atom is 0.355 e. The lowest BCUT2D eigenvalue weighted by Gasteiger charge is -2.22. The van der Waals surface area contributed by atoms with Gasteiger partial charge in [-0.15, -0.1) is 0 Å². The Labute approximate surface area is 175 Å². The Morgan fingerprint density at radius 1 is 1.00 bits per heavy atom.